The first-order valence-electron chi connectivity index (χ1n) is 3.42. The maximum absolute atomic E-state index is 12.4. The highest BCUT2D eigenvalue weighted by atomic mass is 32.1. The van der Waals surface area contributed by atoms with Gasteiger partial charge in [-0.2, -0.15) is 18.3 Å². The number of thiophene rings is 1. The molecule has 13 heavy (non-hydrogen) atoms. The molecule has 0 atom stereocenters. The molecular weight excluding hydrogens is 201 g/mol. The molecule has 0 bridgehead atoms. The molecule has 6 heteroatoms. The van der Waals surface area contributed by atoms with Gasteiger partial charge >= 0.3 is 6.18 Å². The van der Waals surface area contributed by atoms with Crippen LogP contribution in [0.5, 0.6) is 0 Å². The molecule has 2 aromatic rings. The smallest absolute Gasteiger partial charge is 0.267 e. The molecule has 69 valence electrons. The summed E-state index contributed by atoms with van der Waals surface area (Å²) in [4.78, 5) is 0.664. The predicted molar refractivity (Wildman–Crippen MR) is 42.5 cm³/mol. The van der Waals surface area contributed by atoms with Crippen molar-refractivity contribution in [3.05, 3.63) is 16.6 Å². The van der Waals surface area contributed by atoms with Crippen molar-refractivity contribution in [2.45, 2.75) is 13.1 Å². The van der Waals surface area contributed by atoms with Crippen molar-refractivity contribution >= 4 is 21.6 Å². The van der Waals surface area contributed by atoms with Crippen molar-refractivity contribution in [3.63, 3.8) is 0 Å². The Balaban J connectivity index is 2.78. The van der Waals surface area contributed by atoms with E-state index in [1.807, 2.05) is 0 Å². The highest BCUT2D eigenvalue weighted by Gasteiger charge is 2.36. The number of nitrogens with zero attached hydrogens (tertiary/aromatic N) is 1. The Labute approximate surface area is 75.4 Å². The molecule has 0 unspecified atom stereocenters. The largest absolute Gasteiger partial charge is 0.418 e. The molecule has 0 saturated heterocycles. The maximum atomic E-state index is 12.4. The zero-order valence-electron chi connectivity index (χ0n) is 6.49. The number of alkyl halides is 3. The third kappa shape index (κ3) is 1.21. The Bertz CT molecular complexity index is 440. The van der Waals surface area contributed by atoms with Gasteiger partial charge in [0.1, 0.15) is 11.0 Å². The van der Waals surface area contributed by atoms with Crippen molar-refractivity contribution in [1.82, 2.24) is 10.2 Å². The van der Waals surface area contributed by atoms with Gasteiger partial charge in [0.2, 0.25) is 0 Å². The fraction of sp³-hybridized carbons (Fsp3) is 0.286. The summed E-state index contributed by atoms with van der Waals surface area (Å²) in [5.41, 5.74) is -0.624. The number of aromatic amines is 1. The van der Waals surface area contributed by atoms with Crippen LogP contribution in [0, 0.1) is 13.1 Å². The number of H-pyrrole nitrogens is 1. The van der Waals surface area contributed by atoms with E-state index in [0.717, 1.165) is 11.3 Å². The van der Waals surface area contributed by atoms with Crippen LogP contribution in [-0.4, -0.2) is 10.2 Å². The van der Waals surface area contributed by atoms with Gasteiger partial charge < -0.3 is 0 Å². The molecule has 0 fully saturated rings. The minimum absolute atomic E-state index is 0.0370. The Hall–Kier alpha value is -1.04. The first kappa shape index (κ1) is 8.55. The van der Waals surface area contributed by atoms with E-state index in [9.17, 15) is 13.2 Å². The van der Waals surface area contributed by atoms with E-state index in [4.69, 9.17) is 0 Å². The summed E-state index contributed by atoms with van der Waals surface area (Å²) in [6.45, 7) is 1.44. The minimum atomic E-state index is -4.32. The van der Waals surface area contributed by atoms with Gasteiger partial charge in [-0.05, 0) is 6.92 Å². The molecule has 1 N–H and O–H groups in total. The number of fused-ring (bicyclic) bond motifs is 1. The first-order chi connectivity index (χ1) is 6.00. The lowest BCUT2D eigenvalue weighted by Gasteiger charge is -2.04. The number of nitrogens with one attached hydrogen (secondary N) is 1. The lowest BCUT2D eigenvalue weighted by Crippen LogP contribution is -2.05. The average Bonchev–Trinajstić information content (AvgIpc) is 2.41. The van der Waals surface area contributed by atoms with E-state index in [-0.39, 0.29) is 10.3 Å². The summed E-state index contributed by atoms with van der Waals surface area (Å²) in [6.07, 6.45) is -2.02. The molecule has 2 rings (SSSR count). The fourth-order valence-corrected chi connectivity index (χ4v) is 2.17. The van der Waals surface area contributed by atoms with Crippen LogP contribution in [0.2, 0.25) is 0 Å². The number of hydrogen-bond acceptors (Lipinski definition) is 2. The van der Waals surface area contributed by atoms with Crippen LogP contribution in [-0.2, 0) is 6.18 Å². The van der Waals surface area contributed by atoms with Crippen LogP contribution >= 0.6 is 11.3 Å². The van der Waals surface area contributed by atoms with Crippen LogP contribution in [0.4, 0.5) is 13.2 Å². The number of hydrogen-bond donors (Lipinski definition) is 1. The summed E-state index contributed by atoms with van der Waals surface area (Å²) >= 11 is 1.04. The summed E-state index contributed by atoms with van der Waals surface area (Å²) in [5.74, 6) is 0. The molecule has 0 saturated carbocycles. The molecule has 0 aliphatic heterocycles. The highest BCUT2D eigenvalue weighted by Crippen LogP contribution is 2.40. The van der Waals surface area contributed by atoms with Crippen molar-refractivity contribution < 1.29 is 13.2 Å². The normalized spacial score (nSPS) is 12.6. The van der Waals surface area contributed by atoms with Gasteiger partial charge in [0.25, 0.3) is 0 Å². The first-order valence-corrected chi connectivity index (χ1v) is 4.24. The molecule has 2 aromatic heterocycles. The van der Waals surface area contributed by atoms with Gasteiger partial charge in [-0.1, -0.05) is 0 Å². The summed E-state index contributed by atoms with van der Waals surface area (Å²) in [7, 11) is 0. The molecule has 0 aromatic carbocycles. The van der Waals surface area contributed by atoms with E-state index in [0.29, 0.717) is 4.83 Å². The Morgan fingerprint density at radius 2 is 2.15 bits per heavy atom. The third-order valence-corrected chi connectivity index (χ3v) is 2.70. The summed E-state index contributed by atoms with van der Waals surface area (Å²) in [5, 5.41) is 5.94. The zero-order valence-corrected chi connectivity index (χ0v) is 7.31. The van der Waals surface area contributed by atoms with Crippen LogP contribution in [0.3, 0.4) is 0 Å². The summed E-state index contributed by atoms with van der Waals surface area (Å²) < 4.78 is 37.3. The monoisotopic (exact) mass is 205 g/mol. The van der Waals surface area contributed by atoms with Gasteiger partial charge in [0.05, 0.1) is 10.9 Å². The Morgan fingerprint density at radius 1 is 1.46 bits per heavy atom. The molecule has 0 aliphatic carbocycles. The molecule has 1 radical (unpaired) electrons. The van der Waals surface area contributed by atoms with Gasteiger partial charge in [-0.3, -0.25) is 5.10 Å². The van der Waals surface area contributed by atoms with E-state index < -0.39 is 11.7 Å². The van der Waals surface area contributed by atoms with Gasteiger partial charge in [0.15, 0.2) is 0 Å². The third-order valence-electron chi connectivity index (χ3n) is 1.69. The van der Waals surface area contributed by atoms with E-state index in [1.165, 1.54) is 6.92 Å². The van der Waals surface area contributed by atoms with Crippen LogP contribution < -0.4 is 0 Å². The Kier molecular flexibility index (Phi) is 1.63. The topological polar surface area (TPSA) is 28.7 Å². The molecule has 0 amide bonds. The molecule has 0 spiro atoms. The SMILES string of the molecule is Cc1sc2[nH]n[c]c2c1C(F)(F)F. The van der Waals surface area contributed by atoms with Crippen LogP contribution in [0.25, 0.3) is 10.2 Å². The van der Waals surface area contributed by atoms with Crippen molar-refractivity contribution in [3.8, 4) is 0 Å². The van der Waals surface area contributed by atoms with Crippen molar-refractivity contribution in [2.24, 2.45) is 0 Å². The predicted octanol–water partition coefficient (Wildman–Crippen LogP) is 2.75. The Morgan fingerprint density at radius 3 is 2.77 bits per heavy atom. The second kappa shape index (κ2) is 2.47. The number of halogens is 3. The second-order valence-corrected chi connectivity index (χ2v) is 3.80. The van der Waals surface area contributed by atoms with Gasteiger partial charge in [-0.25, -0.2) is 0 Å². The minimum Gasteiger partial charge on any atom is -0.267 e. The highest BCUT2D eigenvalue weighted by molar-refractivity contribution is 7.18. The van der Waals surface area contributed by atoms with Crippen molar-refractivity contribution in [2.75, 3.05) is 0 Å². The standard InChI is InChI=1S/C7H4F3N2S/c1-3-5(7(8,9)10)4-2-11-12-6(4)13-3/h1H3,(H,11,12). The summed E-state index contributed by atoms with van der Waals surface area (Å²) in [6, 6.07) is 0. The molecular formula is C7H4F3N2S. The maximum Gasteiger partial charge on any atom is 0.418 e. The lowest BCUT2D eigenvalue weighted by atomic mass is 10.2. The zero-order chi connectivity index (χ0) is 9.64. The molecule has 2 heterocycles. The molecule has 2 nitrogen and oxygen atoms in total. The second-order valence-electron chi connectivity index (χ2n) is 2.57. The van der Waals surface area contributed by atoms with E-state index in [2.05, 4.69) is 16.4 Å². The lowest BCUT2D eigenvalue weighted by molar-refractivity contribution is -0.136. The van der Waals surface area contributed by atoms with Crippen molar-refractivity contribution in [1.29, 1.82) is 0 Å². The quantitative estimate of drug-likeness (QED) is 0.703. The number of rotatable bonds is 0. The van der Waals surface area contributed by atoms with Gasteiger partial charge in [-0.15, -0.1) is 11.3 Å². The van der Waals surface area contributed by atoms with E-state index in [1.54, 1.807) is 0 Å². The van der Waals surface area contributed by atoms with Crippen LogP contribution in [0.15, 0.2) is 0 Å². The number of aromatic nitrogens is 2. The average molecular weight is 205 g/mol. The van der Waals surface area contributed by atoms with Gasteiger partial charge in [0, 0.05) is 4.88 Å². The van der Waals surface area contributed by atoms with E-state index >= 15 is 0 Å². The number of aryl methyl sites for hydroxylation is 1. The molecule has 0 aliphatic rings. The van der Waals surface area contributed by atoms with Crippen LogP contribution in [0.1, 0.15) is 10.4 Å². The fourth-order valence-electron chi connectivity index (χ4n) is 1.21.